The van der Waals surface area contributed by atoms with Crippen molar-refractivity contribution in [1.82, 2.24) is 0 Å². The van der Waals surface area contributed by atoms with Crippen molar-refractivity contribution in [3.63, 3.8) is 0 Å². The van der Waals surface area contributed by atoms with Gasteiger partial charge in [-0.05, 0) is 93.8 Å². The molecule has 0 saturated heterocycles. The molecule has 4 atom stereocenters. The zero-order chi connectivity index (χ0) is 41.9. The third-order valence-electron chi connectivity index (χ3n) is 11.1. The third-order valence-corrected chi connectivity index (χ3v) is 14.4. The molecule has 6 rings (SSSR count). The number of aliphatic hydroxyl groups is 2. The largest absolute Gasteiger partial charge is 1.00 e. The van der Waals surface area contributed by atoms with E-state index in [-0.39, 0.29) is 102 Å². The van der Waals surface area contributed by atoms with E-state index < -0.39 is 84.8 Å². The van der Waals surface area contributed by atoms with E-state index in [2.05, 4.69) is 0 Å². The Kier molecular flexibility index (Phi) is 17.8. The predicted octanol–water partition coefficient (Wildman–Crippen LogP) is -6.89. The minimum atomic E-state index is -4.82. The third kappa shape index (κ3) is 11.6. The van der Waals surface area contributed by atoms with Crippen LogP contribution in [0.2, 0.25) is 0 Å². The van der Waals surface area contributed by atoms with Gasteiger partial charge in [0.2, 0.25) is 5.69 Å². The Morgan fingerprint density at radius 2 is 1.28 bits per heavy atom. The molecule has 0 aromatic heterocycles. The fraction of sp³-hybridized carbons (Fsp3) is 0.432. The SMILES string of the molecule is CC12CCCC(/C=C/C=C/C=C3\CCCC4(C)C3=[N+](CC(O)CS(=O)(=O)[O-])c3ccc(S(=O)(=O)[O-])cc34)=C1N(CC(O)CS(=O)(=O)[O-])c1ccc(S(=O)(=O)[O-])cc12.[Na+].[Na+].[Na+]. The van der Waals surface area contributed by atoms with Gasteiger partial charge in [0.15, 0.2) is 12.3 Å². The summed E-state index contributed by atoms with van der Waals surface area (Å²) in [6.45, 7) is 3.15. The van der Waals surface area contributed by atoms with Crippen molar-refractivity contribution in [2.75, 3.05) is 29.5 Å². The number of nitrogens with zero attached hydrogens (tertiary/aromatic N) is 2. The number of hydrogen-bond acceptors (Lipinski definition) is 15. The zero-order valence-corrected chi connectivity index (χ0v) is 43.2. The van der Waals surface area contributed by atoms with Crippen LogP contribution in [0.15, 0.2) is 93.4 Å². The Hall–Kier alpha value is -0.570. The summed E-state index contributed by atoms with van der Waals surface area (Å²) >= 11 is 0. The monoisotopic (exact) mass is 934 g/mol. The maximum atomic E-state index is 12.0. The van der Waals surface area contributed by atoms with Crippen LogP contribution >= 0.6 is 0 Å². The van der Waals surface area contributed by atoms with Gasteiger partial charge in [-0.2, -0.15) is 4.58 Å². The second kappa shape index (κ2) is 19.9. The maximum Gasteiger partial charge on any atom is 1.00 e. The second-order valence-corrected chi connectivity index (χ2v) is 20.9. The van der Waals surface area contributed by atoms with E-state index in [0.717, 1.165) is 23.3 Å². The van der Waals surface area contributed by atoms with Gasteiger partial charge in [0.25, 0.3) is 0 Å². The molecule has 2 aromatic carbocycles. The van der Waals surface area contributed by atoms with Crippen molar-refractivity contribution in [3.8, 4) is 0 Å². The molecule has 0 radical (unpaired) electrons. The van der Waals surface area contributed by atoms with E-state index >= 15 is 0 Å². The quantitative estimate of drug-likeness (QED) is 0.0818. The van der Waals surface area contributed by atoms with Crippen molar-refractivity contribution in [1.29, 1.82) is 0 Å². The topological polar surface area (TPSA) is 276 Å². The molecule has 23 heteroatoms. The summed E-state index contributed by atoms with van der Waals surface area (Å²) in [4.78, 5) is 0.788. The Morgan fingerprint density at radius 3 is 1.88 bits per heavy atom. The molecule has 310 valence electrons. The summed E-state index contributed by atoms with van der Waals surface area (Å²) in [5.74, 6) is -2.09. The van der Waals surface area contributed by atoms with Crippen LogP contribution < -0.4 is 93.6 Å². The molecular weight excluding hydrogens is 894 g/mol. The number of anilines is 1. The summed E-state index contributed by atoms with van der Waals surface area (Å²) in [6.07, 6.45) is 9.22. The number of fused-ring (bicyclic) bond motifs is 6. The van der Waals surface area contributed by atoms with Crippen LogP contribution in [0.3, 0.4) is 0 Å². The van der Waals surface area contributed by atoms with Crippen molar-refractivity contribution < 1.29 is 155 Å². The van der Waals surface area contributed by atoms with E-state index in [1.807, 2.05) is 26.0 Å². The van der Waals surface area contributed by atoms with Crippen molar-refractivity contribution in [2.45, 2.75) is 85.2 Å². The minimum absolute atomic E-state index is 0. The number of aliphatic hydroxyl groups excluding tert-OH is 2. The van der Waals surface area contributed by atoms with Gasteiger partial charge in [0.05, 0.1) is 53.1 Å². The molecule has 1 fully saturated rings. The Balaban J connectivity index is 0.00000320. The number of benzene rings is 2. The molecule has 0 bridgehead atoms. The van der Waals surface area contributed by atoms with Gasteiger partial charge in [-0.15, -0.1) is 0 Å². The van der Waals surface area contributed by atoms with Crippen LogP contribution in [0.5, 0.6) is 0 Å². The Labute approximate surface area is 417 Å². The maximum absolute atomic E-state index is 12.0. The predicted molar refractivity (Wildman–Crippen MR) is 203 cm³/mol. The number of β-amino-alcohol motifs (C(OH)–C–C–N with tert-alkyl or cyclic N) is 2. The molecule has 1 saturated carbocycles. The standard InChI is InChI=1S/C37H44N2O14S4.3Na/c1-36-16-6-10-24(34(36)38(20-26(40)22-54(42,43)44)32-14-12-28(18-30(32)36)56(48,49)50)8-4-3-5-9-25-11-7-17-37(2)31-19-29(57(51,52)53)13-15-33(31)39(35(25)37)21-27(41)23-55(45,46)47;;;/h3-5,8-9,12-15,18-19,26-27,40-41H,6-7,10-11,16-17,20-23H2,1-2H3,(H3-,42,43,44,45,46,47,48,49,50,51,52,53);;;/q;3*+1/p-3. The molecule has 60 heavy (non-hydrogen) atoms. The fourth-order valence-electron chi connectivity index (χ4n) is 8.96. The zero-order valence-electron chi connectivity index (χ0n) is 33.9. The summed E-state index contributed by atoms with van der Waals surface area (Å²) in [6, 6.07) is 7.75. The smallest absolute Gasteiger partial charge is 0.748 e. The summed E-state index contributed by atoms with van der Waals surface area (Å²) < 4.78 is 142. The second-order valence-electron chi connectivity index (χ2n) is 15.3. The van der Waals surface area contributed by atoms with Gasteiger partial charge in [-0.1, -0.05) is 30.4 Å². The first-order chi connectivity index (χ1) is 26.3. The Bertz CT molecular complexity index is 2630. The van der Waals surface area contributed by atoms with Gasteiger partial charge >= 0.3 is 88.7 Å². The number of rotatable bonds is 13. The van der Waals surface area contributed by atoms with Crippen LogP contribution in [-0.4, -0.2) is 109 Å². The van der Waals surface area contributed by atoms with Gasteiger partial charge in [0.1, 0.15) is 26.3 Å². The molecule has 0 spiro atoms. The molecule has 4 aliphatic rings. The minimum Gasteiger partial charge on any atom is -0.748 e. The van der Waals surface area contributed by atoms with Crippen molar-refractivity contribution in [2.24, 2.45) is 0 Å². The van der Waals surface area contributed by atoms with Crippen LogP contribution in [0.1, 0.15) is 63.5 Å². The first-order valence-corrected chi connectivity index (χ1v) is 23.9. The van der Waals surface area contributed by atoms with Crippen LogP contribution in [0.4, 0.5) is 11.4 Å². The van der Waals surface area contributed by atoms with E-state index in [0.29, 0.717) is 72.4 Å². The number of allylic oxidation sites excluding steroid dienone is 8. The average Bonchev–Trinajstić information content (AvgIpc) is 3.46. The number of hydrogen-bond donors (Lipinski definition) is 2. The van der Waals surface area contributed by atoms with Gasteiger partial charge < -0.3 is 33.3 Å². The summed E-state index contributed by atoms with van der Waals surface area (Å²) in [5.41, 5.74) is 3.16. The van der Waals surface area contributed by atoms with Gasteiger partial charge in [-0.3, -0.25) is 0 Å². The fourth-order valence-corrected chi connectivity index (χ4v) is 11.1. The summed E-state index contributed by atoms with van der Waals surface area (Å²) in [7, 11) is -19.2. The normalized spacial score (nSPS) is 23.4. The molecule has 2 aliphatic heterocycles. The molecule has 16 nitrogen and oxygen atoms in total. The van der Waals surface area contributed by atoms with Crippen molar-refractivity contribution in [3.05, 3.63) is 94.7 Å². The van der Waals surface area contributed by atoms with E-state index in [1.54, 1.807) is 27.7 Å². The molecular formula is C37H41N2Na3O14S4. The van der Waals surface area contributed by atoms with Gasteiger partial charge in [-0.25, -0.2) is 33.7 Å². The molecule has 2 aromatic rings. The van der Waals surface area contributed by atoms with Crippen LogP contribution in [0.25, 0.3) is 0 Å². The average molecular weight is 935 g/mol. The Morgan fingerprint density at radius 1 is 0.733 bits per heavy atom. The molecule has 2 aliphatic carbocycles. The van der Waals surface area contributed by atoms with Crippen molar-refractivity contribution >= 4 is 57.6 Å². The van der Waals surface area contributed by atoms with E-state index in [4.69, 9.17) is 0 Å². The first kappa shape index (κ1) is 53.8. The molecule has 4 unspecified atom stereocenters. The van der Waals surface area contributed by atoms with Crippen LogP contribution in [0, 0.1) is 0 Å². The molecule has 2 heterocycles. The first-order valence-electron chi connectivity index (χ1n) is 18.0. The molecule has 0 amide bonds. The van der Waals surface area contributed by atoms with E-state index in [9.17, 15) is 62.1 Å². The summed E-state index contributed by atoms with van der Waals surface area (Å²) in [5, 5.41) is 21.3. The molecule has 2 N–H and O–H groups in total. The van der Waals surface area contributed by atoms with Gasteiger partial charge in [0, 0.05) is 40.5 Å². The van der Waals surface area contributed by atoms with Crippen LogP contribution in [-0.2, 0) is 51.3 Å². The van der Waals surface area contributed by atoms with E-state index in [1.165, 1.54) is 24.3 Å².